The third-order valence-electron chi connectivity index (χ3n) is 14.0. The maximum atomic E-state index is 12.7. The lowest BCUT2D eigenvalue weighted by atomic mass is 10.0. The fourth-order valence-corrected chi connectivity index (χ4v) is 9.99. The predicted octanol–water partition coefficient (Wildman–Crippen LogP) is 21.0. The van der Waals surface area contributed by atoms with Crippen molar-refractivity contribution in [2.75, 3.05) is 26.4 Å². The van der Waals surface area contributed by atoms with Crippen molar-refractivity contribution in [3.63, 3.8) is 0 Å². The average Bonchev–Trinajstić information content (AvgIpc) is 3.43. The molecular formula is C68H122NO8P. The SMILES string of the molecule is CC/C=C\C/C=C\C/C=C\C/C=C\C/C=C\C/C=C\CCCCCCCCCCCCCCCCCCCCCCCCC(=O)OC(COC(=O)CCCCCCC/C=C\CCCCCCCCC)COP(=O)(O)OCCN. The summed E-state index contributed by atoms with van der Waals surface area (Å²) in [7, 11) is -4.39. The van der Waals surface area contributed by atoms with Crippen molar-refractivity contribution in [3.05, 3.63) is 85.1 Å². The molecular weight excluding hydrogens is 990 g/mol. The van der Waals surface area contributed by atoms with Gasteiger partial charge in [0.1, 0.15) is 6.61 Å². The van der Waals surface area contributed by atoms with Crippen LogP contribution in [0.15, 0.2) is 85.1 Å². The molecule has 9 nitrogen and oxygen atoms in total. The van der Waals surface area contributed by atoms with E-state index in [0.29, 0.717) is 6.42 Å². The Hall–Kier alpha value is -2.81. The lowest BCUT2D eigenvalue weighted by Gasteiger charge is -2.19. The van der Waals surface area contributed by atoms with Crippen LogP contribution in [-0.2, 0) is 32.7 Å². The first-order valence-electron chi connectivity index (χ1n) is 32.6. The molecule has 0 aromatic rings. The molecule has 0 saturated carbocycles. The van der Waals surface area contributed by atoms with Gasteiger partial charge < -0.3 is 20.1 Å². The molecule has 0 spiro atoms. The van der Waals surface area contributed by atoms with Gasteiger partial charge in [-0.25, -0.2) is 4.57 Å². The van der Waals surface area contributed by atoms with Gasteiger partial charge in [0.05, 0.1) is 13.2 Å². The molecule has 0 radical (unpaired) electrons. The molecule has 452 valence electrons. The molecule has 0 aromatic carbocycles. The Kier molecular flexibility index (Phi) is 61.1. The third kappa shape index (κ3) is 62.4. The van der Waals surface area contributed by atoms with Crippen molar-refractivity contribution in [3.8, 4) is 0 Å². The number of phosphoric ester groups is 1. The smallest absolute Gasteiger partial charge is 0.462 e. The molecule has 0 amide bonds. The highest BCUT2D eigenvalue weighted by molar-refractivity contribution is 7.47. The van der Waals surface area contributed by atoms with E-state index >= 15 is 0 Å². The summed E-state index contributed by atoms with van der Waals surface area (Å²) in [6, 6.07) is 0. The number of phosphoric acid groups is 1. The van der Waals surface area contributed by atoms with Crippen LogP contribution in [0.25, 0.3) is 0 Å². The van der Waals surface area contributed by atoms with Crippen LogP contribution < -0.4 is 5.73 Å². The van der Waals surface area contributed by atoms with E-state index in [1.165, 1.54) is 180 Å². The fourth-order valence-electron chi connectivity index (χ4n) is 9.23. The number of esters is 2. The average molecular weight is 1110 g/mol. The Morgan fingerprint density at radius 2 is 0.705 bits per heavy atom. The topological polar surface area (TPSA) is 134 Å². The molecule has 78 heavy (non-hydrogen) atoms. The van der Waals surface area contributed by atoms with Gasteiger partial charge in [0, 0.05) is 19.4 Å². The second-order valence-corrected chi connectivity index (χ2v) is 23.1. The van der Waals surface area contributed by atoms with Gasteiger partial charge in [0.2, 0.25) is 0 Å². The third-order valence-corrected chi connectivity index (χ3v) is 15.0. The minimum Gasteiger partial charge on any atom is -0.462 e. The molecule has 2 atom stereocenters. The molecule has 0 aliphatic carbocycles. The number of nitrogens with two attached hydrogens (primary N) is 1. The lowest BCUT2D eigenvalue weighted by molar-refractivity contribution is -0.161. The first-order chi connectivity index (χ1) is 38.3. The number of hydrogen-bond donors (Lipinski definition) is 2. The number of hydrogen-bond acceptors (Lipinski definition) is 8. The maximum absolute atomic E-state index is 12.7. The highest BCUT2D eigenvalue weighted by atomic mass is 31.2. The quantitative estimate of drug-likeness (QED) is 0.0264. The summed E-state index contributed by atoms with van der Waals surface area (Å²) in [5.41, 5.74) is 5.39. The summed E-state index contributed by atoms with van der Waals surface area (Å²) >= 11 is 0. The van der Waals surface area contributed by atoms with Gasteiger partial charge in [-0.15, -0.1) is 0 Å². The van der Waals surface area contributed by atoms with Crippen molar-refractivity contribution < 1.29 is 37.6 Å². The first-order valence-corrected chi connectivity index (χ1v) is 34.1. The Labute approximate surface area is 481 Å². The molecule has 0 heterocycles. The zero-order valence-electron chi connectivity index (χ0n) is 50.6. The number of unbranched alkanes of at least 4 members (excludes halogenated alkanes) is 34. The standard InChI is InChI=1S/C68H122NO8P/c1-3-5-7-9-11-13-15-17-19-21-22-23-24-25-26-27-28-29-30-31-32-33-34-35-36-37-38-39-40-41-42-43-44-45-47-49-51-53-55-57-59-61-68(71)77-66(65-76-78(72,73)75-63-62-69)64-74-67(70)60-58-56-54-52-50-48-46-20-18-16-14-12-10-8-6-4-2/h5,7,11,13,17,19-20,22-23,25-26,28-29,46,66H,3-4,6,8-10,12,14-16,18,21,24,27,30-45,47-65,69H2,1-2H3,(H,72,73)/b7-5-,13-11-,19-17-,23-22-,26-25-,29-28-,46-20-. The molecule has 0 aliphatic heterocycles. The van der Waals surface area contributed by atoms with Crippen molar-refractivity contribution in [1.29, 1.82) is 0 Å². The van der Waals surface area contributed by atoms with Gasteiger partial charge >= 0.3 is 19.8 Å². The van der Waals surface area contributed by atoms with E-state index in [4.69, 9.17) is 24.3 Å². The summed E-state index contributed by atoms with van der Waals surface area (Å²) in [6.07, 6.45) is 83.9. The van der Waals surface area contributed by atoms with Crippen LogP contribution in [0.3, 0.4) is 0 Å². The monoisotopic (exact) mass is 1110 g/mol. The number of ether oxygens (including phenoxy) is 2. The van der Waals surface area contributed by atoms with Crippen LogP contribution in [0.2, 0.25) is 0 Å². The second-order valence-electron chi connectivity index (χ2n) is 21.6. The van der Waals surface area contributed by atoms with E-state index in [9.17, 15) is 19.0 Å². The largest absolute Gasteiger partial charge is 0.472 e. The fraction of sp³-hybridized carbons (Fsp3) is 0.765. The van der Waals surface area contributed by atoms with Gasteiger partial charge in [-0.1, -0.05) is 285 Å². The van der Waals surface area contributed by atoms with Gasteiger partial charge in [-0.2, -0.15) is 0 Å². The Morgan fingerprint density at radius 1 is 0.397 bits per heavy atom. The summed E-state index contributed by atoms with van der Waals surface area (Å²) in [5, 5.41) is 0. The highest BCUT2D eigenvalue weighted by Crippen LogP contribution is 2.43. The molecule has 0 saturated heterocycles. The van der Waals surface area contributed by atoms with Gasteiger partial charge in [-0.05, 0) is 89.9 Å². The van der Waals surface area contributed by atoms with Crippen LogP contribution in [0.1, 0.15) is 303 Å². The normalized spacial score (nSPS) is 13.5. The van der Waals surface area contributed by atoms with Crippen LogP contribution in [0, 0.1) is 0 Å². The molecule has 0 aromatic heterocycles. The van der Waals surface area contributed by atoms with E-state index < -0.39 is 26.5 Å². The van der Waals surface area contributed by atoms with Crippen molar-refractivity contribution in [1.82, 2.24) is 0 Å². The Bertz CT molecular complexity index is 1550. The minimum atomic E-state index is -4.39. The molecule has 10 heteroatoms. The number of carbonyl (C=O) groups is 2. The van der Waals surface area contributed by atoms with Crippen LogP contribution in [0.4, 0.5) is 0 Å². The van der Waals surface area contributed by atoms with E-state index in [0.717, 1.165) is 89.9 Å². The van der Waals surface area contributed by atoms with Gasteiger partial charge in [0.25, 0.3) is 0 Å². The van der Waals surface area contributed by atoms with E-state index in [2.05, 4.69) is 98.9 Å². The van der Waals surface area contributed by atoms with E-state index in [-0.39, 0.29) is 38.6 Å². The zero-order chi connectivity index (χ0) is 56.6. The Morgan fingerprint density at radius 3 is 1.06 bits per heavy atom. The summed E-state index contributed by atoms with van der Waals surface area (Å²) in [4.78, 5) is 35.2. The number of carbonyl (C=O) groups excluding carboxylic acids is 2. The molecule has 0 bridgehead atoms. The molecule has 0 rings (SSSR count). The van der Waals surface area contributed by atoms with Gasteiger partial charge in [0.15, 0.2) is 6.10 Å². The van der Waals surface area contributed by atoms with Crippen molar-refractivity contribution >= 4 is 19.8 Å². The van der Waals surface area contributed by atoms with Crippen LogP contribution in [0.5, 0.6) is 0 Å². The summed E-state index contributed by atoms with van der Waals surface area (Å²) < 4.78 is 33.1. The molecule has 0 fully saturated rings. The Balaban J connectivity index is 3.79. The lowest BCUT2D eigenvalue weighted by Crippen LogP contribution is -2.29. The van der Waals surface area contributed by atoms with Crippen LogP contribution >= 0.6 is 7.82 Å². The van der Waals surface area contributed by atoms with Crippen molar-refractivity contribution in [2.45, 2.75) is 309 Å². The van der Waals surface area contributed by atoms with Crippen LogP contribution in [-0.4, -0.2) is 49.3 Å². The molecule has 0 aliphatic rings. The van der Waals surface area contributed by atoms with E-state index in [1.54, 1.807) is 0 Å². The minimum absolute atomic E-state index is 0.0521. The summed E-state index contributed by atoms with van der Waals surface area (Å²) in [6.45, 7) is 3.65. The van der Waals surface area contributed by atoms with E-state index in [1.807, 2.05) is 0 Å². The number of allylic oxidation sites excluding steroid dienone is 14. The first kappa shape index (κ1) is 75.2. The maximum Gasteiger partial charge on any atom is 0.472 e. The summed E-state index contributed by atoms with van der Waals surface area (Å²) in [5.74, 6) is -0.827. The zero-order valence-corrected chi connectivity index (χ0v) is 51.5. The molecule has 3 N–H and O–H groups in total. The highest BCUT2D eigenvalue weighted by Gasteiger charge is 2.26. The van der Waals surface area contributed by atoms with Gasteiger partial charge in [-0.3, -0.25) is 18.6 Å². The molecule has 2 unspecified atom stereocenters. The van der Waals surface area contributed by atoms with Crippen molar-refractivity contribution in [2.24, 2.45) is 5.73 Å². The predicted molar refractivity (Wildman–Crippen MR) is 335 cm³/mol. The number of rotatable bonds is 61. The second kappa shape index (κ2) is 63.4.